The van der Waals surface area contributed by atoms with E-state index in [4.69, 9.17) is 11.0 Å². The topological polar surface area (TPSA) is 25.3 Å². The third-order valence-corrected chi connectivity index (χ3v) is 12.7. The summed E-state index contributed by atoms with van der Waals surface area (Å²) in [5.74, 6) is 0.197. The lowest BCUT2D eigenvalue weighted by atomic mass is 9.77. The maximum atomic E-state index is 6.76. The molecule has 0 saturated carbocycles. The molecule has 0 bridgehead atoms. The van der Waals surface area contributed by atoms with Crippen LogP contribution < -0.4 is 9.13 Å². The number of benzene rings is 5. The lowest BCUT2D eigenvalue weighted by Gasteiger charge is -2.30. The number of hydrogen-bond acceptors (Lipinski definition) is 1. The van der Waals surface area contributed by atoms with Gasteiger partial charge < -0.3 is 8.82 Å². The number of pyridine rings is 2. The molecule has 4 heteroatoms. The molecule has 5 aromatic heterocycles. The fourth-order valence-electron chi connectivity index (χ4n) is 10.2. The summed E-state index contributed by atoms with van der Waals surface area (Å²) >= 11 is 0. The Morgan fingerprint density at radius 2 is 1.47 bits per heavy atom. The summed E-state index contributed by atoms with van der Waals surface area (Å²) in [4.78, 5) is 0. The molecule has 12 rings (SSSR count). The van der Waals surface area contributed by atoms with Crippen LogP contribution in [0, 0.1) is 20.8 Å². The molecular formula is C49H37N3O+2. The molecule has 0 fully saturated rings. The standard InChI is InChI=1S/C49H37N3O/c1-27-21-40-35-18-19-36-33-13-7-8-15-45(33)53-49(36)48(35)52-44-25-37-34-17-16-31-11-5-6-12-32(31)42-14-9-10-20-50(42)30(4)46(34)51-26-29(3)28(2)23-43(51)38(37)24-39(44)41(22-27)47(40)52/h5-15,18-26,34,46H,4,16-17H2,1-3H3/q+2. The summed E-state index contributed by atoms with van der Waals surface area (Å²) in [5.41, 5.74) is 18.4. The Morgan fingerprint density at radius 1 is 0.679 bits per heavy atom. The van der Waals surface area contributed by atoms with Gasteiger partial charge in [0.2, 0.25) is 23.1 Å². The predicted octanol–water partition coefficient (Wildman–Crippen LogP) is 11.3. The molecule has 2 aliphatic rings. The fraction of sp³-hybridized carbons (Fsp3) is 0.143. The van der Waals surface area contributed by atoms with Crippen LogP contribution in [0.5, 0.6) is 0 Å². The molecule has 0 amide bonds. The largest absolute Gasteiger partial charge is 0.454 e. The summed E-state index contributed by atoms with van der Waals surface area (Å²) in [6, 6.07) is 40.7. The zero-order valence-corrected chi connectivity index (χ0v) is 30.1. The van der Waals surface area contributed by atoms with Crippen molar-refractivity contribution < 1.29 is 13.6 Å². The van der Waals surface area contributed by atoms with Gasteiger partial charge in [0.25, 0.3) is 0 Å². The molecule has 0 N–H and O–H groups in total. The molecule has 10 aromatic rings. The van der Waals surface area contributed by atoms with Crippen LogP contribution in [-0.2, 0) is 6.42 Å². The van der Waals surface area contributed by atoms with Crippen molar-refractivity contribution in [3.8, 4) is 22.5 Å². The van der Waals surface area contributed by atoms with Crippen LogP contribution in [0.3, 0.4) is 0 Å². The zero-order chi connectivity index (χ0) is 35.3. The van der Waals surface area contributed by atoms with Gasteiger partial charge in [-0.3, -0.25) is 0 Å². The minimum atomic E-state index is 0.0323. The Morgan fingerprint density at radius 3 is 2.38 bits per heavy atom. The number of allylic oxidation sites excluding steroid dienone is 1. The maximum absolute atomic E-state index is 6.76. The summed E-state index contributed by atoms with van der Waals surface area (Å²) in [6.45, 7) is 11.7. The van der Waals surface area contributed by atoms with Crippen molar-refractivity contribution in [1.29, 1.82) is 0 Å². The van der Waals surface area contributed by atoms with Gasteiger partial charge in [0.1, 0.15) is 5.58 Å². The van der Waals surface area contributed by atoms with Gasteiger partial charge in [-0.15, -0.1) is 0 Å². The first kappa shape index (κ1) is 29.3. The molecule has 2 atom stereocenters. The van der Waals surface area contributed by atoms with Crippen LogP contribution in [0.1, 0.15) is 46.2 Å². The van der Waals surface area contributed by atoms with E-state index in [1.165, 1.54) is 82.9 Å². The van der Waals surface area contributed by atoms with Crippen LogP contribution in [-0.4, -0.2) is 4.40 Å². The third kappa shape index (κ3) is 3.75. The number of furan rings is 1. The first-order valence-corrected chi connectivity index (χ1v) is 18.8. The van der Waals surface area contributed by atoms with Gasteiger partial charge in [0.05, 0.1) is 28.0 Å². The number of nitrogens with zero attached hydrogens (tertiary/aromatic N) is 3. The van der Waals surface area contributed by atoms with E-state index in [1.807, 2.05) is 0 Å². The molecule has 0 radical (unpaired) electrons. The first-order valence-electron chi connectivity index (χ1n) is 18.8. The Bertz CT molecular complexity index is 3250. The van der Waals surface area contributed by atoms with Crippen molar-refractivity contribution in [1.82, 2.24) is 4.40 Å². The van der Waals surface area contributed by atoms with E-state index in [2.05, 4.69) is 156 Å². The van der Waals surface area contributed by atoms with E-state index in [0.717, 1.165) is 46.0 Å². The van der Waals surface area contributed by atoms with E-state index in [9.17, 15) is 0 Å². The van der Waals surface area contributed by atoms with Crippen LogP contribution >= 0.6 is 0 Å². The highest BCUT2D eigenvalue weighted by Gasteiger charge is 2.47. The van der Waals surface area contributed by atoms with Gasteiger partial charge in [-0.1, -0.05) is 42.5 Å². The summed E-state index contributed by atoms with van der Waals surface area (Å²) < 4.78 is 14.2. The number of rotatable bonds is 0. The van der Waals surface area contributed by atoms with Gasteiger partial charge in [0.15, 0.2) is 18.0 Å². The summed E-state index contributed by atoms with van der Waals surface area (Å²) in [6.07, 6.45) is 6.57. The van der Waals surface area contributed by atoms with E-state index in [0.29, 0.717) is 0 Å². The van der Waals surface area contributed by atoms with Crippen LogP contribution in [0.15, 0.2) is 133 Å². The van der Waals surface area contributed by atoms with E-state index < -0.39 is 0 Å². The SMILES string of the molecule is C=C1C2C(CCc3ccccc3-c3cccc[n+]31)c1cc3c(cc1-c1cc(C)c(C)c[n+]12)c1cc(C)cc2c4ccc5c6ccccc6oc5c4n3c12. The number of fused-ring (bicyclic) bond motifs is 19. The van der Waals surface area contributed by atoms with Crippen molar-refractivity contribution in [3.63, 3.8) is 0 Å². The molecule has 252 valence electrons. The van der Waals surface area contributed by atoms with Gasteiger partial charge in [0, 0.05) is 61.6 Å². The average Bonchev–Trinajstić information content (AvgIpc) is 3.83. The Labute approximate surface area is 306 Å². The van der Waals surface area contributed by atoms with E-state index in [1.54, 1.807) is 0 Å². The molecule has 5 aromatic carbocycles. The lowest BCUT2D eigenvalue weighted by Crippen LogP contribution is -2.53. The van der Waals surface area contributed by atoms with Crippen LogP contribution in [0.2, 0.25) is 0 Å². The molecule has 0 saturated heterocycles. The molecule has 53 heavy (non-hydrogen) atoms. The number of aryl methyl sites for hydroxylation is 4. The lowest BCUT2D eigenvalue weighted by molar-refractivity contribution is -0.727. The highest BCUT2D eigenvalue weighted by molar-refractivity contribution is 6.28. The van der Waals surface area contributed by atoms with Crippen LogP contribution in [0.4, 0.5) is 0 Å². The van der Waals surface area contributed by atoms with Gasteiger partial charge in [-0.2, -0.15) is 9.13 Å². The van der Waals surface area contributed by atoms with Crippen molar-refractivity contribution in [2.75, 3.05) is 0 Å². The van der Waals surface area contributed by atoms with E-state index in [-0.39, 0.29) is 12.0 Å². The molecule has 0 aliphatic carbocycles. The molecule has 2 unspecified atom stereocenters. The van der Waals surface area contributed by atoms with Crippen molar-refractivity contribution in [2.45, 2.75) is 45.6 Å². The highest BCUT2D eigenvalue weighted by Crippen LogP contribution is 2.50. The molecular weight excluding hydrogens is 647 g/mol. The van der Waals surface area contributed by atoms with Crippen molar-refractivity contribution in [2.24, 2.45) is 0 Å². The summed E-state index contributed by atoms with van der Waals surface area (Å²) in [5, 5.41) is 7.43. The maximum Gasteiger partial charge on any atom is 0.249 e. The van der Waals surface area contributed by atoms with Crippen molar-refractivity contribution >= 4 is 65.7 Å². The number of hydrogen-bond donors (Lipinski definition) is 0. The summed E-state index contributed by atoms with van der Waals surface area (Å²) in [7, 11) is 0. The number of aromatic nitrogens is 3. The minimum absolute atomic E-state index is 0.0323. The molecule has 7 heterocycles. The monoisotopic (exact) mass is 683 g/mol. The normalized spacial score (nSPS) is 16.8. The quantitative estimate of drug-likeness (QED) is 0.146. The smallest absolute Gasteiger partial charge is 0.249 e. The molecule has 0 spiro atoms. The number of para-hydroxylation sites is 1. The Hall–Kier alpha value is -6.26. The fourth-order valence-corrected chi connectivity index (χ4v) is 10.2. The molecule has 2 aliphatic heterocycles. The zero-order valence-electron chi connectivity index (χ0n) is 30.1. The van der Waals surface area contributed by atoms with Crippen molar-refractivity contribution in [3.05, 3.63) is 156 Å². The predicted molar refractivity (Wildman–Crippen MR) is 216 cm³/mol. The Kier molecular flexibility index (Phi) is 5.65. The van der Waals surface area contributed by atoms with Gasteiger partial charge in [-0.05, 0) is 111 Å². The second-order valence-corrected chi connectivity index (χ2v) is 15.6. The molecule has 4 nitrogen and oxygen atoms in total. The Balaban J connectivity index is 1.22. The third-order valence-electron chi connectivity index (χ3n) is 12.7. The highest BCUT2D eigenvalue weighted by atomic mass is 16.3. The average molecular weight is 684 g/mol. The van der Waals surface area contributed by atoms with Crippen LogP contribution in [0.25, 0.3) is 88.2 Å². The van der Waals surface area contributed by atoms with E-state index >= 15 is 0 Å². The minimum Gasteiger partial charge on any atom is -0.454 e. The van der Waals surface area contributed by atoms with Gasteiger partial charge in [-0.25, -0.2) is 0 Å². The first-order chi connectivity index (χ1) is 25.9. The van der Waals surface area contributed by atoms with Gasteiger partial charge >= 0.3 is 0 Å². The second-order valence-electron chi connectivity index (χ2n) is 15.6. The second kappa shape index (κ2) is 10.2.